The molecule has 0 radical (unpaired) electrons. The second-order valence-electron chi connectivity index (χ2n) is 6.53. The minimum absolute atomic E-state index is 0.102. The molecule has 0 bridgehead atoms. The van der Waals surface area contributed by atoms with Gasteiger partial charge in [0, 0.05) is 39.3 Å². The third-order valence-electron chi connectivity index (χ3n) is 4.70. The van der Waals surface area contributed by atoms with E-state index in [9.17, 15) is 9.59 Å². The maximum atomic E-state index is 12.4. The second-order valence-corrected chi connectivity index (χ2v) is 6.53. The third-order valence-corrected chi connectivity index (χ3v) is 4.70. The fraction of sp³-hybridized carbons (Fsp3) is 0.556. The molecule has 0 aliphatic carbocycles. The number of hydrogen-bond donors (Lipinski definition) is 1. The van der Waals surface area contributed by atoms with Crippen LogP contribution in [0, 0.1) is 0 Å². The second kappa shape index (κ2) is 8.31. The van der Waals surface area contributed by atoms with E-state index in [2.05, 4.69) is 15.1 Å². The lowest BCUT2D eigenvalue weighted by Gasteiger charge is -2.32. The Kier molecular flexibility index (Phi) is 5.88. The Hall–Kier alpha value is -2.12. The highest BCUT2D eigenvalue weighted by Crippen LogP contribution is 2.26. The molecule has 2 heterocycles. The van der Waals surface area contributed by atoms with Crippen molar-refractivity contribution in [1.29, 1.82) is 0 Å². The molecule has 1 aromatic carbocycles. The van der Waals surface area contributed by atoms with E-state index in [4.69, 9.17) is 4.74 Å². The van der Waals surface area contributed by atoms with Crippen LogP contribution in [0.25, 0.3) is 0 Å². The molecule has 7 nitrogen and oxygen atoms in total. The summed E-state index contributed by atoms with van der Waals surface area (Å²) in [4.78, 5) is 30.8. The zero-order valence-corrected chi connectivity index (χ0v) is 14.7. The van der Waals surface area contributed by atoms with Crippen molar-refractivity contribution in [2.45, 2.75) is 6.42 Å². The molecular formula is C18H26N4O3. The van der Waals surface area contributed by atoms with Gasteiger partial charge in [0.05, 0.1) is 24.6 Å². The van der Waals surface area contributed by atoms with Crippen LogP contribution in [0.1, 0.15) is 6.42 Å². The highest BCUT2D eigenvalue weighted by atomic mass is 16.5. The Morgan fingerprint density at radius 2 is 1.72 bits per heavy atom. The number of morpholine rings is 1. The number of amides is 2. The Morgan fingerprint density at radius 3 is 2.44 bits per heavy atom. The first kappa shape index (κ1) is 17.7. The zero-order chi connectivity index (χ0) is 17.6. The fourth-order valence-electron chi connectivity index (χ4n) is 3.16. The summed E-state index contributed by atoms with van der Waals surface area (Å²) in [5, 5.41) is 2.91. The molecule has 2 fully saturated rings. The summed E-state index contributed by atoms with van der Waals surface area (Å²) in [5.41, 5.74) is 1.73. The number of carbonyl (C=O) groups excluding carboxylic acids is 2. The van der Waals surface area contributed by atoms with Gasteiger partial charge in [0.1, 0.15) is 6.42 Å². The Balaban J connectivity index is 1.58. The van der Waals surface area contributed by atoms with E-state index in [1.54, 1.807) is 4.90 Å². The molecule has 0 atom stereocenters. The summed E-state index contributed by atoms with van der Waals surface area (Å²) < 4.78 is 5.39. The lowest BCUT2D eigenvalue weighted by molar-refractivity contribution is -0.135. The Bertz CT molecular complexity index is 608. The van der Waals surface area contributed by atoms with Gasteiger partial charge in [-0.1, -0.05) is 12.1 Å². The van der Waals surface area contributed by atoms with E-state index in [-0.39, 0.29) is 18.2 Å². The van der Waals surface area contributed by atoms with Gasteiger partial charge in [0.25, 0.3) is 0 Å². The van der Waals surface area contributed by atoms with Gasteiger partial charge >= 0.3 is 0 Å². The summed E-state index contributed by atoms with van der Waals surface area (Å²) in [6, 6.07) is 7.71. The third kappa shape index (κ3) is 4.70. The van der Waals surface area contributed by atoms with E-state index in [1.807, 2.05) is 31.3 Å². The van der Waals surface area contributed by atoms with Crippen LogP contribution in [0.2, 0.25) is 0 Å². The van der Waals surface area contributed by atoms with Gasteiger partial charge in [-0.25, -0.2) is 0 Å². The van der Waals surface area contributed by atoms with Crippen LogP contribution in [-0.4, -0.2) is 81.1 Å². The molecule has 3 rings (SSSR count). The van der Waals surface area contributed by atoms with Gasteiger partial charge in [-0.3, -0.25) is 9.59 Å². The van der Waals surface area contributed by atoms with E-state index in [1.165, 1.54) is 0 Å². The number of anilines is 2. The van der Waals surface area contributed by atoms with Crippen molar-refractivity contribution < 1.29 is 14.3 Å². The predicted molar refractivity (Wildman–Crippen MR) is 96.8 cm³/mol. The van der Waals surface area contributed by atoms with Crippen LogP contribution < -0.4 is 10.2 Å². The van der Waals surface area contributed by atoms with E-state index in [0.717, 1.165) is 37.6 Å². The highest BCUT2D eigenvalue weighted by molar-refractivity contribution is 6.05. The Labute approximate surface area is 148 Å². The van der Waals surface area contributed by atoms with Crippen LogP contribution in [0.15, 0.2) is 24.3 Å². The smallest absolute Gasteiger partial charge is 0.233 e. The number of benzene rings is 1. The average molecular weight is 346 g/mol. The SMILES string of the molecule is CN1CCN(C(=O)CC(=O)Nc2ccccc2N2CCOCC2)CC1. The topological polar surface area (TPSA) is 65.1 Å². The van der Waals surface area contributed by atoms with Crippen LogP contribution in [0.4, 0.5) is 11.4 Å². The lowest BCUT2D eigenvalue weighted by atomic mass is 10.2. The molecule has 2 aliphatic rings. The van der Waals surface area contributed by atoms with Gasteiger partial charge < -0.3 is 24.8 Å². The molecule has 0 spiro atoms. The van der Waals surface area contributed by atoms with Gasteiger partial charge in [0.2, 0.25) is 11.8 Å². The number of hydrogen-bond acceptors (Lipinski definition) is 5. The number of nitrogens with zero attached hydrogens (tertiary/aromatic N) is 3. The normalized spacial score (nSPS) is 18.9. The molecular weight excluding hydrogens is 320 g/mol. The van der Waals surface area contributed by atoms with Crippen molar-refractivity contribution in [3.05, 3.63) is 24.3 Å². The minimum Gasteiger partial charge on any atom is -0.378 e. The number of ether oxygens (including phenoxy) is 1. The quantitative estimate of drug-likeness (QED) is 0.810. The number of carbonyl (C=O) groups is 2. The van der Waals surface area contributed by atoms with Gasteiger partial charge in [-0.05, 0) is 19.2 Å². The van der Waals surface area contributed by atoms with Crippen LogP contribution in [-0.2, 0) is 14.3 Å². The highest BCUT2D eigenvalue weighted by Gasteiger charge is 2.22. The lowest BCUT2D eigenvalue weighted by Crippen LogP contribution is -2.47. The molecule has 0 unspecified atom stereocenters. The zero-order valence-electron chi connectivity index (χ0n) is 14.7. The van der Waals surface area contributed by atoms with E-state index in [0.29, 0.717) is 26.3 Å². The molecule has 2 amide bonds. The van der Waals surface area contributed by atoms with Crippen molar-refractivity contribution in [3.8, 4) is 0 Å². The standard InChI is InChI=1S/C18H26N4O3/c1-20-6-8-22(9-7-20)18(24)14-17(23)19-15-4-2-3-5-16(15)21-10-12-25-13-11-21/h2-5H,6-14H2,1H3,(H,19,23). The van der Waals surface area contributed by atoms with Crippen LogP contribution >= 0.6 is 0 Å². The van der Waals surface area contributed by atoms with Gasteiger partial charge in [-0.15, -0.1) is 0 Å². The monoisotopic (exact) mass is 346 g/mol. The van der Waals surface area contributed by atoms with Gasteiger partial charge in [-0.2, -0.15) is 0 Å². The van der Waals surface area contributed by atoms with Crippen molar-refractivity contribution in [1.82, 2.24) is 9.80 Å². The summed E-state index contributed by atoms with van der Waals surface area (Å²) in [6.07, 6.45) is -0.110. The summed E-state index contributed by atoms with van der Waals surface area (Å²) in [6.45, 7) is 6.05. The van der Waals surface area contributed by atoms with Crippen molar-refractivity contribution in [2.75, 3.05) is 69.7 Å². The average Bonchev–Trinajstić information content (AvgIpc) is 2.63. The van der Waals surface area contributed by atoms with Crippen molar-refractivity contribution in [3.63, 3.8) is 0 Å². The Morgan fingerprint density at radius 1 is 1.04 bits per heavy atom. The number of likely N-dealkylation sites (N-methyl/N-ethyl adjacent to an activating group) is 1. The number of piperazine rings is 1. The minimum atomic E-state index is -0.260. The van der Waals surface area contributed by atoms with E-state index >= 15 is 0 Å². The van der Waals surface area contributed by atoms with Gasteiger partial charge in [0.15, 0.2) is 0 Å². The van der Waals surface area contributed by atoms with Crippen molar-refractivity contribution >= 4 is 23.2 Å². The molecule has 2 saturated heterocycles. The summed E-state index contributed by atoms with van der Waals surface area (Å²) in [5.74, 6) is -0.362. The maximum Gasteiger partial charge on any atom is 0.233 e. The molecule has 0 aromatic heterocycles. The largest absolute Gasteiger partial charge is 0.378 e. The van der Waals surface area contributed by atoms with Crippen LogP contribution in [0.3, 0.4) is 0 Å². The van der Waals surface area contributed by atoms with Crippen LogP contribution in [0.5, 0.6) is 0 Å². The first-order chi connectivity index (χ1) is 12.1. The maximum absolute atomic E-state index is 12.4. The number of rotatable bonds is 4. The van der Waals surface area contributed by atoms with E-state index < -0.39 is 0 Å². The molecule has 25 heavy (non-hydrogen) atoms. The first-order valence-electron chi connectivity index (χ1n) is 8.81. The predicted octanol–water partition coefficient (Wildman–Crippen LogP) is 0.626. The summed E-state index contributed by atoms with van der Waals surface area (Å²) >= 11 is 0. The number of para-hydroxylation sites is 2. The number of nitrogens with one attached hydrogen (secondary N) is 1. The molecule has 1 N–H and O–H groups in total. The molecule has 136 valence electrons. The van der Waals surface area contributed by atoms with Crippen molar-refractivity contribution in [2.24, 2.45) is 0 Å². The fourth-order valence-corrected chi connectivity index (χ4v) is 3.16. The molecule has 1 aromatic rings. The molecule has 2 aliphatic heterocycles. The molecule has 7 heteroatoms. The molecule has 0 saturated carbocycles. The summed E-state index contributed by atoms with van der Waals surface area (Å²) in [7, 11) is 2.04. The first-order valence-corrected chi connectivity index (χ1v) is 8.81.